The van der Waals surface area contributed by atoms with Crippen LogP contribution in [0.25, 0.3) is 0 Å². The van der Waals surface area contributed by atoms with E-state index in [2.05, 4.69) is 0 Å². The highest BCUT2D eigenvalue weighted by molar-refractivity contribution is 4.93. The largest absolute Gasteiger partial charge is 0.400 e. The maximum Gasteiger partial charge on any atom is 0.400 e. The van der Waals surface area contributed by atoms with Crippen molar-refractivity contribution in [2.75, 3.05) is 0 Å². The van der Waals surface area contributed by atoms with Crippen LogP contribution in [0.3, 0.4) is 0 Å². The molecule has 0 aromatic carbocycles. The van der Waals surface area contributed by atoms with Crippen LogP contribution < -0.4 is 0 Å². The lowest BCUT2D eigenvalue weighted by atomic mass is 10.1. The fourth-order valence-corrected chi connectivity index (χ4v) is 0.446. The van der Waals surface area contributed by atoms with E-state index in [1.54, 1.807) is 0 Å². The van der Waals surface area contributed by atoms with E-state index < -0.39 is 30.7 Å². The monoisotopic (exact) mass is 196 g/mol. The smallest absolute Gasteiger partial charge is 0.209 e. The number of hydrogen-bond acceptors (Lipinski definition) is 0. The van der Waals surface area contributed by atoms with Gasteiger partial charge in [0.2, 0.25) is 0 Å². The van der Waals surface area contributed by atoms with Gasteiger partial charge in [0, 0.05) is 0 Å². The summed E-state index contributed by atoms with van der Waals surface area (Å²) in [6.07, 6.45) is -12.8. The molecule has 0 aliphatic rings. The molecule has 0 bridgehead atoms. The third-order valence-corrected chi connectivity index (χ3v) is 0.955. The van der Waals surface area contributed by atoms with E-state index in [1.165, 1.54) is 0 Å². The highest BCUT2D eigenvalue weighted by Crippen LogP contribution is 2.33. The van der Waals surface area contributed by atoms with Crippen LogP contribution in [-0.4, -0.2) is 12.6 Å². The Labute approximate surface area is 62.7 Å². The Morgan fingerprint density at radius 3 is 1.58 bits per heavy atom. The maximum atomic E-state index is 11.5. The molecule has 0 aliphatic carbocycles. The highest BCUT2D eigenvalue weighted by atomic mass is 19.4. The molecule has 72 valence electrons. The van der Waals surface area contributed by atoms with Gasteiger partial charge in [0.1, 0.15) is 5.92 Å². The average Bonchev–Trinajstić information content (AvgIpc) is 1.79. The first-order valence-corrected chi connectivity index (χ1v) is 2.63. The van der Waals surface area contributed by atoms with Gasteiger partial charge in [-0.1, -0.05) is 0 Å². The number of rotatable bonds is 2. The summed E-state index contributed by atoms with van der Waals surface area (Å²) >= 11 is 0. The molecule has 0 radical (unpaired) electrons. The predicted octanol–water partition coefficient (Wildman–Crippen LogP) is 3.21. The van der Waals surface area contributed by atoms with Gasteiger partial charge in [0.15, 0.2) is 0 Å². The van der Waals surface area contributed by atoms with Crippen molar-refractivity contribution < 1.29 is 30.7 Å². The molecule has 0 amide bonds. The molecular weight excluding hydrogens is 193 g/mol. The summed E-state index contributed by atoms with van der Waals surface area (Å²) in [5, 5.41) is 0. The topological polar surface area (TPSA) is 0 Å². The number of halogens is 7. The van der Waals surface area contributed by atoms with Crippen molar-refractivity contribution in [3.8, 4) is 0 Å². The van der Waals surface area contributed by atoms with E-state index in [0.717, 1.165) is 0 Å². The van der Waals surface area contributed by atoms with Gasteiger partial charge in [-0.2, -0.15) is 22.0 Å². The van der Waals surface area contributed by atoms with Gasteiger partial charge in [-0.15, -0.1) is 0 Å². The van der Waals surface area contributed by atoms with Crippen LogP contribution in [0.1, 0.15) is 0 Å². The lowest BCUT2D eigenvalue weighted by Gasteiger charge is -2.14. The van der Waals surface area contributed by atoms with Crippen LogP contribution in [0.15, 0.2) is 12.2 Å². The van der Waals surface area contributed by atoms with Gasteiger partial charge in [0.05, 0.1) is 0 Å². The lowest BCUT2D eigenvalue weighted by molar-refractivity contribution is -0.191. The SMILES string of the molecule is FC(F)=CC(C(F)F)C(F)(F)F. The Morgan fingerprint density at radius 1 is 1.08 bits per heavy atom. The van der Waals surface area contributed by atoms with Gasteiger partial charge in [-0.05, 0) is 6.08 Å². The molecule has 0 aliphatic heterocycles. The molecule has 0 rings (SSSR count). The summed E-state index contributed by atoms with van der Waals surface area (Å²) in [5.41, 5.74) is 0. The second kappa shape index (κ2) is 3.77. The minimum absolute atomic E-state index is 0.801. The number of allylic oxidation sites excluding steroid dienone is 1. The van der Waals surface area contributed by atoms with E-state index in [4.69, 9.17) is 0 Å². The molecule has 0 saturated heterocycles. The molecule has 0 spiro atoms. The van der Waals surface area contributed by atoms with Crippen molar-refractivity contribution in [2.45, 2.75) is 12.6 Å². The van der Waals surface area contributed by atoms with Crippen LogP contribution in [0.5, 0.6) is 0 Å². The first kappa shape index (κ1) is 11.2. The summed E-state index contributed by atoms with van der Waals surface area (Å²) in [4.78, 5) is 0. The standard InChI is InChI=1S/C5H3F7/c6-3(7)1-2(4(8)9)5(10,11)12/h1-2,4H. The minimum atomic E-state index is -5.34. The summed E-state index contributed by atoms with van der Waals surface area (Å²) in [5.74, 6) is -3.39. The molecule has 0 N–H and O–H groups in total. The Balaban J connectivity index is 4.58. The third kappa shape index (κ3) is 3.59. The molecule has 0 saturated carbocycles. The van der Waals surface area contributed by atoms with Gasteiger partial charge in [-0.25, -0.2) is 8.78 Å². The fraction of sp³-hybridized carbons (Fsp3) is 0.600. The quantitative estimate of drug-likeness (QED) is 0.595. The zero-order valence-corrected chi connectivity index (χ0v) is 5.38. The van der Waals surface area contributed by atoms with Crippen molar-refractivity contribution >= 4 is 0 Å². The van der Waals surface area contributed by atoms with Gasteiger partial charge >= 0.3 is 6.18 Å². The van der Waals surface area contributed by atoms with E-state index >= 15 is 0 Å². The summed E-state index contributed by atoms with van der Waals surface area (Å²) in [7, 11) is 0. The highest BCUT2D eigenvalue weighted by Gasteiger charge is 2.44. The second-order valence-corrected chi connectivity index (χ2v) is 1.86. The van der Waals surface area contributed by atoms with E-state index in [9.17, 15) is 30.7 Å². The lowest BCUT2D eigenvalue weighted by Crippen LogP contribution is -2.27. The zero-order chi connectivity index (χ0) is 9.94. The molecular formula is C5H3F7. The Kier molecular flexibility index (Phi) is 3.54. The number of hydrogen-bond donors (Lipinski definition) is 0. The van der Waals surface area contributed by atoms with Crippen molar-refractivity contribution in [3.63, 3.8) is 0 Å². The first-order chi connectivity index (χ1) is 5.25. The number of alkyl halides is 5. The van der Waals surface area contributed by atoms with Crippen molar-refractivity contribution in [2.24, 2.45) is 5.92 Å². The molecule has 0 heterocycles. The molecule has 0 nitrogen and oxygen atoms in total. The predicted molar refractivity (Wildman–Crippen MR) is 25.8 cm³/mol. The van der Waals surface area contributed by atoms with Crippen molar-refractivity contribution in [1.82, 2.24) is 0 Å². The maximum absolute atomic E-state index is 11.5. The molecule has 12 heavy (non-hydrogen) atoms. The van der Waals surface area contributed by atoms with Crippen LogP contribution in [0, 0.1) is 5.92 Å². The molecule has 0 aromatic rings. The van der Waals surface area contributed by atoms with E-state index in [1.807, 2.05) is 0 Å². The Morgan fingerprint density at radius 2 is 1.50 bits per heavy atom. The fourth-order valence-electron chi connectivity index (χ4n) is 0.446. The van der Waals surface area contributed by atoms with Crippen LogP contribution in [0.4, 0.5) is 30.7 Å². The third-order valence-electron chi connectivity index (χ3n) is 0.955. The molecule has 1 atom stereocenters. The normalized spacial score (nSPS) is 14.7. The molecule has 0 fully saturated rings. The van der Waals surface area contributed by atoms with Gasteiger partial charge < -0.3 is 0 Å². The Bertz CT molecular complexity index is 163. The average molecular weight is 196 g/mol. The van der Waals surface area contributed by atoms with Crippen LogP contribution in [-0.2, 0) is 0 Å². The summed E-state index contributed by atoms with van der Waals surface area (Å²) in [6, 6.07) is 0. The second-order valence-electron chi connectivity index (χ2n) is 1.86. The minimum Gasteiger partial charge on any atom is -0.209 e. The van der Waals surface area contributed by atoms with E-state index in [-0.39, 0.29) is 0 Å². The van der Waals surface area contributed by atoms with Crippen LogP contribution >= 0.6 is 0 Å². The molecule has 7 heteroatoms. The summed E-state index contributed by atoms with van der Waals surface area (Å²) < 4.78 is 79.7. The Hall–Kier alpha value is -0.750. The van der Waals surface area contributed by atoms with Gasteiger partial charge in [-0.3, -0.25) is 0 Å². The van der Waals surface area contributed by atoms with Gasteiger partial charge in [0.25, 0.3) is 12.5 Å². The summed E-state index contributed by atoms with van der Waals surface area (Å²) in [6.45, 7) is 0. The zero-order valence-electron chi connectivity index (χ0n) is 5.38. The van der Waals surface area contributed by atoms with Crippen LogP contribution in [0.2, 0.25) is 0 Å². The van der Waals surface area contributed by atoms with Crippen molar-refractivity contribution in [1.29, 1.82) is 0 Å². The molecule has 0 aromatic heterocycles. The molecule has 1 unspecified atom stereocenters. The van der Waals surface area contributed by atoms with Crippen molar-refractivity contribution in [3.05, 3.63) is 12.2 Å². The first-order valence-electron chi connectivity index (χ1n) is 2.63. The van der Waals surface area contributed by atoms with E-state index in [0.29, 0.717) is 0 Å².